The number of carbonyl (C=O) groups excluding carboxylic acids is 2. The Balaban J connectivity index is 1.46. The Hall–Kier alpha value is -3.72. The topological polar surface area (TPSA) is 84.4 Å². The molecule has 2 aromatic heterocycles. The van der Waals surface area contributed by atoms with E-state index in [9.17, 15) is 18.4 Å². The van der Waals surface area contributed by atoms with Crippen molar-refractivity contribution in [3.05, 3.63) is 82.3 Å². The van der Waals surface area contributed by atoms with E-state index in [1.54, 1.807) is 17.0 Å². The van der Waals surface area contributed by atoms with Crippen molar-refractivity contribution in [1.29, 1.82) is 0 Å². The molecule has 2 amide bonds. The normalized spacial score (nSPS) is 15.3. The number of nitrogens with one attached hydrogen (secondary N) is 1. The maximum atomic E-state index is 14.4. The van der Waals surface area contributed by atoms with Crippen molar-refractivity contribution < 1.29 is 23.1 Å². The van der Waals surface area contributed by atoms with Gasteiger partial charge in [-0.1, -0.05) is 6.07 Å². The molecule has 2 aliphatic heterocycles. The van der Waals surface area contributed by atoms with Crippen molar-refractivity contribution in [2.75, 3.05) is 26.3 Å². The Kier molecular flexibility index (Phi) is 5.55. The van der Waals surface area contributed by atoms with Gasteiger partial charge in [0.05, 0.1) is 47.8 Å². The highest BCUT2D eigenvalue weighted by molar-refractivity contribution is 5.99. The summed E-state index contributed by atoms with van der Waals surface area (Å²) in [6.07, 6.45) is 1.75. The molecule has 0 aliphatic carbocycles. The molecular formula is C24H20F2N4O3. The lowest BCUT2D eigenvalue weighted by Gasteiger charge is -2.26. The van der Waals surface area contributed by atoms with Crippen molar-refractivity contribution in [2.24, 2.45) is 0 Å². The number of fused-ring (bicyclic) bond motifs is 1. The fourth-order valence-corrected chi connectivity index (χ4v) is 4.12. The van der Waals surface area contributed by atoms with E-state index >= 15 is 0 Å². The van der Waals surface area contributed by atoms with E-state index in [1.165, 1.54) is 30.5 Å². The molecule has 1 fully saturated rings. The van der Waals surface area contributed by atoms with Crippen LogP contribution in [0.15, 0.2) is 42.6 Å². The van der Waals surface area contributed by atoms with Crippen LogP contribution in [-0.4, -0.2) is 53.0 Å². The highest BCUT2D eigenvalue weighted by atomic mass is 19.1. The molecule has 0 radical (unpaired) electrons. The van der Waals surface area contributed by atoms with Crippen LogP contribution in [-0.2, 0) is 17.7 Å². The van der Waals surface area contributed by atoms with Crippen LogP contribution >= 0.6 is 0 Å². The molecule has 2 aliphatic rings. The molecule has 1 saturated heterocycles. The first-order valence-electron chi connectivity index (χ1n) is 10.6. The minimum absolute atomic E-state index is 0.112. The molecule has 0 atom stereocenters. The quantitative estimate of drug-likeness (QED) is 0.661. The van der Waals surface area contributed by atoms with Gasteiger partial charge in [-0.2, -0.15) is 0 Å². The van der Waals surface area contributed by atoms with Crippen LogP contribution < -0.4 is 5.32 Å². The summed E-state index contributed by atoms with van der Waals surface area (Å²) < 4.78 is 34.0. The molecule has 1 aromatic carbocycles. The highest BCUT2D eigenvalue weighted by Gasteiger charge is 2.27. The van der Waals surface area contributed by atoms with E-state index in [0.717, 1.165) is 0 Å². The second-order valence-electron chi connectivity index (χ2n) is 7.89. The van der Waals surface area contributed by atoms with Crippen molar-refractivity contribution in [3.63, 3.8) is 0 Å². The lowest BCUT2D eigenvalue weighted by molar-refractivity contribution is 0.0302. The van der Waals surface area contributed by atoms with Gasteiger partial charge in [-0.3, -0.25) is 14.6 Å². The predicted octanol–water partition coefficient (Wildman–Crippen LogP) is 2.73. The minimum atomic E-state index is -0.727. The summed E-state index contributed by atoms with van der Waals surface area (Å²) in [7, 11) is 0. The Morgan fingerprint density at radius 2 is 1.85 bits per heavy atom. The number of morpholine rings is 1. The second kappa shape index (κ2) is 8.67. The number of pyridine rings is 2. The maximum Gasteiger partial charge on any atom is 0.255 e. The van der Waals surface area contributed by atoms with Gasteiger partial charge in [-0.05, 0) is 35.9 Å². The summed E-state index contributed by atoms with van der Waals surface area (Å²) in [4.78, 5) is 35.5. The van der Waals surface area contributed by atoms with E-state index in [2.05, 4.69) is 15.3 Å². The van der Waals surface area contributed by atoms with Gasteiger partial charge in [0.15, 0.2) is 0 Å². The molecule has 33 heavy (non-hydrogen) atoms. The van der Waals surface area contributed by atoms with Crippen molar-refractivity contribution in [3.8, 4) is 11.3 Å². The minimum Gasteiger partial charge on any atom is -0.378 e. The third-order valence-corrected chi connectivity index (χ3v) is 5.78. The van der Waals surface area contributed by atoms with Gasteiger partial charge in [0.1, 0.15) is 11.6 Å². The molecule has 1 N–H and O–H groups in total. The van der Waals surface area contributed by atoms with Crippen LogP contribution in [0.25, 0.3) is 11.3 Å². The number of carbonyl (C=O) groups is 2. The number of hydrogen-bond donors (Lipinski definition) is 1. The number of amides is 2. The van der Waals surface area contributed by atoms with Crippen molar-refractivity contribution in [1.82, 2.24) is 20.2 Å². The van der Waals surface area contributed by atoms with E-state index in [0.29, 0.717) is 54.4 Å². The van der Waals surface area contributed by atoms with E-state index in [4.69, 9.17) is 4.74 Å². The first-order chi connectivity index (χ1) is 16.0. The van der Waals surface area contributed by atoms with Gasteiger partial charge >= 0.3 is 0 Å². The van der Waals surface area contributed by atoms with Gasteiger partial charge in [-0.15, -0.1) is 0 Å². The summed E-state index contributed by atoms with van der Waals surface area (Å²) >= 11 is 0. The van der Waals surface area contributed by atoms with Gasteiger partial charge in [0.2, 0.25) is 0 Å². The largest absolute Gasteiger partial charge is 0.378 e. The van der Waals surface area contributed by atoms with Crippen molar-refractivity contribution in [2.45, 2.75) is 13.0 Å². The molecule has 9 heteroatoms. The number of ether oxygens (including phenoxy) is 1. The molecule has 168 valence electrons. The van der Waals surface area contributed by atoms with E-state index in [-0.39, 0.29) is 36.0 Å². The SMILES string of the molecule is O=C1NCc2nc(-c3c(F)cccc3F)cc(Cc3ccc(C(=O)N4CCOCC4)cn3)c21. The van der Waals surface area contributed by atoms with Gasteiger partial charge < -0.3 is 15.0 Å². The average molecular weight is 450 g/mol. The van der Waals surface area contributed by atoms with E-state index < -0.39 is 11.6 Å². The summed E-state index contributed by atoms with van der Waals surface area (Å²) in [6, 6.07) is 8.57. The molecular weight excluding hydrogens is 430 g/mol. The smallest absolute Gasteiger partial charge is 0.255 e. The zero-order valence-corrected chi connectivity index (χ0v) is 17.6. The van der Waals surface area contributed by atoms with Crippen LogP contribution in [0.5, 0.6) is 0 Å². The van der Waals surface area contributed by atoms with Crippen molar-refractivity contribution >= 4 is 11.8 Å². The number of rotatable bonds is 4. The molecule has 0 unspecified atom stereocenters. The lowest BCUT2D eigenvalue weighted by Crippen LogP contribution is -2.40. The van der Waals surface area contributed by atoms with Crippen LogP contribution in [0, 0.1) is 11.6 Å². The van der Waals surface area contributed by atoms with Crippen LogP contribution in [0.3, 0.4) is 0 Å². The van der Waals surface area contributed by atoms with Gasteiger partial charge in [-0.25, -0.2) is 13.8 Å². The summed E-state index contributed by atoms with van der Waals surface area (Å²) in [6.45, 7) is 2.28. The first kappa shape index (κ1) is 21.1. The van der Waals surface area contributed by atoms with Crippen LogP contribution in [0.2, 0.25) is 0 Å². The second-order valence-corrected chi connectivity index (χ2v) is 7.89. The van der Waals surface area contributed by atoms with Crippen LogP contribution in [0.1, 0.15) is 37.7 Å². The summed E-state index contributed by atoms with van der Waals surface area (Å²) in [5.41, 5.74) is 2.36. The zero-order chi connectivity index (χ0) is 22.9. The predicted molar refractivity (Wildman–Crippen MR) is 115 cm³/mol. The summed E-state index contributed by atoms with van der Waals surface area (Å²) in [5, 5.41) is 2.71. The molecule has 4 heterocycles. The van der Waals surface area contributed by atoms with Gasteiger partial charge in [0, 0.05) is 31.4 Å². The molecule has 0 spiro atoms. The van der Waals surface area contributed by atoms with Gasteiger partial charge in [0.25, 0.3) is 11.8 Å². The molecule has 3 aromatic rings. The zero-order valence-electron chi connectivity index (χ0n) is 17.6. The fraction of sp³-hybridized carbons (Fsp3) is 0.250. The highest BCUT2D eigenvalue weighted by Crippen LogP contribution is 2.30. The average Bonchev–Trinajstić information content (AvgIpc) is 3.20. The number of nitrogens with zero attached hydrogens (tertiary/aromatic N) is 3. The Labute approximate surface area is 188 Å². The number of hydrogen-bond acceptors (Lipinski definition) is 5. The monoisotopic (exact) mass is 450 g/mol. The van der Waals surface area contributed by atoms with Crippen LogP contribution in [0.4, 0.5) is 8.78 Å². The van der Waals surface area contributed by atoms with E-state index in [1.807, 2.05) is 0 Å². The Morgan fingerprint density at radius 3 is 2.55 bits per heavy atom. The molecule has 7 nitrogen and oxygen atoms in total. The maximum absolute atomic E-state index is 14.4. The summed E-state index contributed by atoms with van der Waals surface area (Å²) in [5.74, 6) is -1.85. The molecule has 0 saturated carbocycles. The Bertz CT molecular complexity index is 1220. The number of aromatic nitrogens is 2. The number of benzene rings is 1. The third-order valence-electron chi connectivity index (χ3n) is 5.78. The fourth-order valence-electron chi connectivity index (χ4n) is 4.12. The first-order valence-corrected chi connectivity index (χ1v) is 10.6. The Morgan fingerprint density at radius 1 is 1.09 bits per heavy atom. The lowest BCUT2D eigenvalue weighted by atomic mass is 9.98. The standard InChI is InChI=1S/C24H20F2N4O3/c25-17-2-1-3-18(26)22(17)19-11-15(21-20(29-19)13-28-23(21)31)10-16-5-4-14(12-27-16)24(32)30-6-8-33-9-7-30/h1-5,11-12H,6-10,13H2,(H,28,31). The molecule has 5 rings (SSSR count). The number of halogens is 2. The third kappa shape index (κ3) is 4.07. The molecule has 0 bridgehead atoms.